The van der Waals surface area contributed by atoms with E-state index in [1.54, 1.807) is 20.1 Å². The zero-order chi connectivity index (χ0) is 18.0. The first-order valence-corrected chi connectivity index (χ1v) is 7.65. The number of nitro groups is 1. The number of non-ortho nitro benzene ring substituents is 1. The van der Waals surface area contributed by atoms with Crippen molar-refractivity contribution in [3.05, 3.63) is 64.3 Å². The zero-order valence-corrected chi connectivity index (χ0v) is 13.9. The number of nitrogens with one attached hydrogen (secondary N) is 1. The molecule has 3 aromatic rings. The summed E-state index contributed by atoms with van der Waals surface area (Å²) >= 11 is 0. The summed E-state index contributed by atoms with van der Waals surface area (Å²) < 4.78 is 7.01. The Morgan fingerprint density at radius 1 is 1.24 bits per heavy atom. The van der Waals surface area contributed by atoms with Gasteiger partial charge < -0.3 is 14.6 Å². The minimum atomic E-state index is -0.484. The fourth-order valence-electron chi connectivity index (χ4n) is 2.65. The number of amides is 1. The van der Waals surface area contributed by atoms with Gasteiger partial charge in [0.1, 0.15) is 12.3 Å². The predicted molar refractivity (Wildman–Crippen MR) is 95.0 cm³/mol. The summed E-state index contributed by atoms with van der Waals surface area (Å²) in [6.07, 6.45) is 1.82. The number of methoxy groups -OCH3 is 1. The molecule has 0 spiro atoms. The van der Waals surface area contributed by atoms with Gasteiger partial charge in [-0.3, -0.25) is 14.9 Å². The molecule has 0 aliphatic heterocycles. The highest BCUT2D eigenvalue weighted by molar-refractivity contribution is 5.93. The number of hydrogen-bond donors (Lipinski definition) is 1. The van der Waals surface area contributed by atoms with Gasteiger partial charge in [0.2, 0.25) is 5.91 Å². The molecule has 3 rings (SSSR count). The van der Waals surface area contributed by atoms with Crippen LogP contribution in [0.4, 0.5) is 11.4 Å². The molecule has 0 atom stereocenters. The van der Waals surface area contributed by atoms with Crippen molar-refractivity contribution >= 4 is 28.2 Å². The van der Waals surface area contributed by atoms with Crippen LogP contribution in [0.15, 0.2) is 48.7 Å². The summed E-state index contributed by atoms with van der Waals surface area (Å²) in [6, 6.07) is 11.9. The van der Waals surface area contributed by atoms with E-state index in [1.165, 1.54) is 12.1 Å². The van der Waals surface area contributed by atoms with Crippen LogP contribution >= 0.6 is 0 Å². The van der Waals surface area contributed by atoms with Crippen LogP contribution in [0.3, 0.4) is 0 Å². The number of fused-ring (bicyclic) bond motifs is 1. The summed E-state index contributed by atoms with van der Waals surface area (Å²) in [6.45, 7) is 1.90. The van der Waals surface area contributed by atoms with Crippen LogP contribution in [0, 0.1) is 17.0 Å². The molecular weight excluding hydrogens is 322 g/mol. The Hall–Kier alpha value is -3.35. The zero-order valence-electron chi connectivity index (χ0n) is 13.9. The molecule has 7 heteroatoms. The van der Waals surface area contributed by atoms with E-state index in [1.807, 2.05) is 35.0 Å². The van der Waals surface area contributed by atoms with Crippen molar-refractivity contribution in [3.63, 3.8) is 0 Å². The molecule has 0 bridgehead atoms. The maximum Gasteiger partial charge on any atom is 0.271 e. The van der Waals surface area contributed by atoms with Gasteiger partial charge in [0.15, 0.2) is 0 Å². The van der Waals surface area contributed by atoms with Crippen LogP contribution in [-0.4, -0.2) is 22.5 Å². The van der Waals surface area contributed by atoms with Gasteiger partial charge in [-0.1, -0.05) is 6.07 Å². The van der Waals surface area contributed by atoms with Gasteiger partial charge in [-0.05, 0) is 36.8 Å². The molecule has 0 unspecified atom stereocenters. The highest BCUT2D eigenvalue weighted by Gasteiger charge is 2.12. The third kappa shape index (κ3) is 3.45. The molecule has 1 aromatic heterocycles. The largest absolute Gasteiger partial charge is 0.497 e. The third-order valence-electron chi connectivity index (χ3n) is 4.00. The molecule has 0 radical (unpaired) electrons. The maximum absolute atomic E-state index is 12.4. The van der Waals surface area contributed by atoms with E-state index in [0.29, 0.717) is 5.69 Å². The number of anilines is 1. The summed E-state index contributed by atoms with van der Waals surface area (Å²) in [4.78, 5) is 22.8. The minimum absolute atomic E-state index is 0.0561. The monoisotopic (exact) mass is 339 g/mol. The number of aromatic nitrogens is 1. The fraction of sp³-hybridized carbons (Fsp3) is 0.167. The number of rotatable bonds is 5. The molecule has 0 fully saturated rings. The van der Waals surface area contributed by atoms with Crippen molar-refractivity contribution in [3.8, 4) is 5.75 Å². The van der Waals surface area contributed by atoms with Crippen LogP contribution in [-0.2, 0) is 11.3 Å². The molecule has 128 valence electrons. The molecule has 0 aliphatic carbocycles. The van der Waals surface area contributed by atoms with Crippen LogP contribution in [0.1, 0.15) is 5.56 Å². The average molecular weight is 339 g/mol. The van der Waals surface area contributed by atoms with Crippen LogP contribution < -0.4 is 10.1 Å². The smallest absolute Gasteiger partial charge is 0.271 e. The van der Waals surface area contributed by atoms with E-state index >= 15 is 0 Å². The van der Waals surface area contributed by atoms with Gasteiger partial charge in [0, 0.05) is 29.2 Å². The lowest BCUT2D eigenvalue weighted by atomic mass is 10.2. The summed E-state index contributed by atoms with van der Waals surface area (Å²) in [5.74, 6) is 0.499. The summed E-state index contributed by atoms with van der Waals surface area (Å²) in [5, 5.41) is 14.6. The van der Waals surface area contributed by atoms with Crippen molar-refractivity contribution < 1.29 is 14.5 Å². The van der Waals surface area contributed by atoms with Crippen molar-refractivity contribution in [2.45, 2.75) is 13.5 Å². The number of hydrogen-bond acceptors (Lipinski definition) is 4. The number of carbonyl (C=O) groups excluding carboxylic acids is 1. The number of aryl methyl sites for hydroxylation is 1. The summed E-state index contributed by atoms with van der Waals surface area (Å²) in [7, 11) is 1.60. The Bertz CT molecular complexity index is 962. The molecule has 25 heavy (non-hydrogen) atoms. The van der Waals surface area contributed by atoms with Gasteiger partial charge in [-0.15, -0.1) is 0 Å². The fourth-order valence-corrected chi connectivity index (χ4v) is 2.65. The standard InChI is InChI=1S/C18H17N3O4/c1-12-3-4-14(21(23)24)10-16(12)19-18(22)11-20-8-7-13-9-15(25-2)5-6-17(13)20/h3-10H,11H2,1-2H3,(H,19,22). The number of nitro benzene ring substituents is 1. The van der Waals surface area contributed by atoms with Crippen molar-refractivity contribution in [1.82, 2.24) is 4.57 Å². The van der Waals surface area contributed by atoms with Crippen LogP contribution in [0.25, 0.3) is 10.9 Å². The molecule has 1 heterocycles. The second-order valence-corrected chi connectivity index (χ2v) is 5.67. The Labute approximate surface area is 144 Å². The molecule has 0 saturated heterocycles. The highest BCUT2D eigenvalue weighted by atomic mass is 16.6. The van der Waals surface area contributed by atoms with Gasteiger partial charge in [0.05, 0.1) is 17.7 Å². The van der Waals surface area contributed by atoms with Gasteiger partial charge in [0.25, 0.3) is 5.69 Å². The molecular formula is C18H17N3O4. The van der Waals surface area contributed by atoms with E-state index < -0.39 is 4.92 Å². The van der Waals surface area contributed by atoms with E-state index in [0.717, 1.165) is 22.2 Å². The molecule has 0 saturated carbocycles. The Balaban J connectivity index is 1.79. The summed E-state index contributed by atoms with van der Waals surface area (Å²) in [5.41, 5.74) is 2.06. The van der Waals surface area contributed by atoms with Crippen molar-refractivity contribution in [2.75, 3.05) is 12.4 Å². The Morgan fingerprint density at radius 3 is 2.76 bits per heavy atom. The Morgan fingerprint density at radius 2 is 2.04 bits per heavy atom. The molecule has 1 N–H and O–H groups in total. The van der Waals surface area contributed by atoms with E-state index in [-0.39, 0.29) is 18.1 Å². The first-order chi connectivity index (χ1) is 12.0. The number of benzene rings is 2. The van der Waals surface area contributed by atoms with E-state index in [9.17, 15) is 14.9 Å². The number of nitrogens with zero attached hydrogens (tertiary/aromatic N) is 2. The SMILES string of the molecule is COc1ccc2c(ccn2CC(=O)Nc2cc([N+](=O)[O-])ccc2C)c1. The second kappa shape index (κ2) is 6.64. The number of carbonyl (C=O) groups is 1. The van der Waals surface area contributed by atoms with Crippen LogP contribution in [0.2, 0.25) is 0 Å². The van der Waals surface area contributed by atoms with Crippen molar-refractivity contribution in [2.24, 2.45) is 0 Å². The second-order valence-electron chi connectivity index (χ2n) is 5.67. The van der Waals surface area contributed by atoms with Crippen LogP contribution in [0.5, 0.6) is 5.75 Å². The molecule has 0 aliphatic rings. The first kappa shape index (κ1) is 16.5. The lowest BCUT2D eigenvalue weighted by Crippen LogP contribution is -2.18. The van der Waals surface area contributed by atoms with Gasteiger partial charge >= 0.3 is 0 Å². The topological polar surface area (TPSA) is 86.4 Å². The quantitative estimate of drug-likeness (QED) is 0.569. The molecule has 2 aromatic carbocycles. The minimum Gasteiger partial charge on any atom is -0.497 e. The lowest BCUT2D eigenvalue weighted by molar-refractivity contribution is -0.384. The van der Waals surface area contributed by atoms with E-state index in [2.05, 4.69) is 5.32 Å². The molecule has 1 amide bonds. The average Bonchev–Trinajstić information content (AvgIpc) is 2.98. The lowest BCUT2D eigenvalue weighted by Gasteiger charge is -2.10. The van der Waals surface area contributed by atoms with Gasteiger partial charge in [-0.25, -0.2) is 0 Å². The molecule has 7 nitrogen and oxygen atoms in total. The highest BCUT2D eigenvalue weighted by Crippen LogP contribution is 2.23. The van der Waals surface area contributed by atoms with Crippen molar-refractivity contribution in [1.29, 1.82) is 0 Å². The first-order valence-electron chi connectivity index (χ1n) is 7.65. The van der Waals surface area contributed by atoms with E-state index in [4.69, 9.17) is 4.74 Å². The normalized spacial score (nSPS) is 10.6. The predicted octanol–water partition coefficient (Wildman–Crippen LogP) is 3.51. The number of ether oxygens (including phenoxy) is 1. The Kier molecular flexibility index (Phi) is 4.38. The van der Waals surface area contributed by atoms with Gasteiger partial charge in [-0.2, -0.15) is 0 Å². The maximum atomic E-state index is 12.4. The third-order valence-corrected chi connectivity index (χ3v) is 4.00.